The van der Waals surface area contributed by atoms with Crippen LogP contribution in [0.15, 0.2) is 38.0 Å². The van der Waals surface area contributed by atoms with Crippen molar-refractivity contribution in [2.24, 2.45) is 0 Å². The molecule has 128 valence electrons. The molecule has 4 rings (SSSR count). The lowest BCUT2D eigenvalue weighted by Gasteiger charge is -1.96. The molecule has 11 heteroatoms. The van der Waals surface area contributed by atoms with Gasteiger partial charge in [-0.1, -0.05) is 23.1 Å². The van der Waals surface area contributed by atoms with E-state index in [1.54, 1.807) is 13.2 Å². The Balaban J connectivity index is 1.40. The minimum absolute atomic E-state index is 0.174. The molecular formula is C14H13N7O2S2. The molecule has 0 aliphatic carbocycles. The molecule has 4 aromatic rings. The summed E-state index contributed by atoms with van der Waals surface area (Å²) in [7, 11) is 0. The zero-order valence-electron chi connectivity index (χ0n) is 13.1. The Labute approximate surface area is 149 Å². The van der Waals surface area contributed by atoms with Gasteiger partial charge in [0.25, 0.3) is 11.3 Å². The molecule has 0 radical (unpaired) electrons. The normalized spacial score (nSPS) is 11.2. The van der Waals surface area contributed by atoms with Crippen LogP contribution in [-0.4, -0.2) is 29.8 Å². The van der Waals surface area contributed by atoms with Gasteiger partial charge in [0.1, 0.15) is 11.6 Å². The standard InChI is InChI=1S/C14H13N7O2S2/c1-8-5-11(22)21-12(16-8)17-10(20-21)7-24-14-19-18-13(25-14)15-6-9-3-2-4-23-9/h2-5H,6-7H2,1H3,(H,15,18)(H,16,17,20). The molecule has 0 aromatic carbocycles. The first-order valence-corrected chi connectivity index (χ1v) is 9.15. The number of hydrogen-bond donors (Lipinski definition) is 2. The van der Waals surface area contributed by atoms with Crippen LogP contribution >= 0.6 is 23.1 Å². The summed E-state index contributed by atoms with van der Waals surface area (Å²) in [5.74, 6) is 2.40. The summed E-state index contributed by atoms with van der Waals surface area (Å²) in [6.07, 6.45) is 1.63. The molecular weight excluding hydrogens is 362 g/mol. The Bertz CT molecular complexity index is 1050. The van der Waals surface area contributed by atoms with Crippen LogP contribution in [-0.2, 0) is 12.3 Å². The third kappa shape index (κ3) is 3.56. The number of nitrogens with one attached hydrogen (secondary N) is 2. The number of furan rings is 1. The van der Waals surface area contributed by atoms with Crippen LogP contribution in [0.4, 0.5) is 5.13 Å². The number of aryl methyl sites for hydroxylation is 1. The molecule has 0 spiro atoms. The van der Waals surface area contributed by atoms with Crippen LogP contribution in [0.2, 0.25) is 0 Å². The summed E-state index contributed by atoms with van der Waals surface area (Å²) in [6, 6.07) is 5.19. The van der Waals surface area contributed by atoms with Gasteiger partial charge in [-0.15, -0.1) is 10.2 Å². The highest BCUT2D eigenvalue weighted by Crippen LogP contribution is 2.27. The zero-order valence-corrected chi connectivity index (χ0v) is 14.7. The molecule has 25 heavy (non-hydrogen) atoms. The predicted octanol–water partition coefficient (Wildman–Crippen LogP) is 2.07. The third-order valence-electron chi connectivity index (χ3n) is 3.24. The summed E-state index contributed by atoms with van der Waals surface area (Å²) >= 11 is 2.94. The molecule has 4 heterocycles. The third-order valence-corrected chi connectivity index (χ3v) is 5.26. The van der Waals surface area contributed by atoms with Gasteiger partial charge in [0.2, 0.25) is 5.13 Å². The molecule has 0 saturated heterocycles. The van der Waals surface area contributed by atoms with E-state index in [0.717, 1.165) is 15.2 Å². The maximum absolute atomic E-state index is 11.9. The molecule has 0 atom stereocenters. The van der Waals surface area contributed by atoms with Crippen molar-refractivity contribution in [3.8, 4) is 0 Å². The van der Waals surface area contributed by atoms with E-state index >= 15 is 0 Å². The Morgan fingerprint density at radius 3 is 3.16 bits per heavy atom. The van der Waals surface area contributed by atoms with Gasteiger partial charge in [0, 0.05) is 11.8 Å². The number of aromatic amines is 1. The van der Waals surface area contributed by atoms with Crippen LogP contribution in [0.1, 0.15) is 17.3 Å². The topological polar surface area (TPSA) is 114 Å². The van der Waals surface area contributed by atoms with Gasteiger partial charge >= 0.3 is 0 Å². The van der Waals surface area contributed by atoms with E-state index in [4.69, 9.17) is 4.42 Å². The van der Waals surface area contributed by atoms with Gasteiger partial charge in [-0.2, -0.15) is 9.50 Å². The maximum atomic E-state index is 11.9. The quantitative estimate of drug-likeness (QED) is 0.492. The summed E-state index contributed by atoms with van der Waals surface area (Å²) in [5.41, 5.74) is 0.471. The van der Waals surface area contributed by atoms with E-state index in [-0.39, 0.29) is 5.56 Å². The number of aromatic nitrogens is 6. The molecule has 0 aliphatic heterocycles. The fourth-order valence-corrected chi connectivity index (χ4v) is 3.76. The SMILES string of the molecule is Cc1cc(=O)n2[nH]c(CSc3nnc(NCc4ccco4)s3)nc2n1. The monoisotopic (exact) mass is 375 g/mol. The lowest BCUT2D eigenvalue weighted by Crippen LogP contribution is -2.14. The van der Waals surface area contributed by atoms with Gasteiger partial charge in [-0.05, 0) is 19.1 Å². The summed E-state index contributed by atoms with van der Waals surface area (Å²) in [4.78, 5) is 20.4. The van der Waals surface area contributed by atoms with E-state index < -0.39 is 0 Å². The van der Waals surface area contributed by atoms with Crippen molar-refractivity contribution in [2.75, 3.05) is 5.32 Å². The molecule has 0 fully saturated rings. The second-order valence-electron chi connectivity index (χ2n) is 5.14. The molecule has 0 saturated carbocycles. The Morgan fingerprint density at radius 1 is 1.40 bits per heavy atom. The molecule has 9 nitrogen and oxygen atoms in total. The average molecular weight is 375 g/mol. The van der Waals surface area contributed by atoms with Crippen LogP contribution in [0.25, 0.3) is 5.78 Å². The van der Waals surface area contributed by atoms with E-state index in [2.05, 4.69) is 30.6 Å². The van der Waals surface area contributed by atoms with Crippen molar-refractivity contribution in [1.82, 2.24) is 29.8 Å². The number of nitrogens with zero attached hydrogens (tertiary/aromatic N) is 5. The van der Waals surface area contributed by atoms with Crippen molar-refractivity contribution >= 4 is 34.0 Å². The highest BCUT2D eigenvalue weighted by molar-refractivity contribution is 8.00. The molecule has 2 N–H and O–H groups in total. The van der Waals surface area contributed by atoms with Crippen molar-refractivity contribution in [3.05, 3.63) is 52.1 Å². The van der Waals surface area contributed by atoms with Crippen molar-refractivity contribution in [1.29, 1.82) is 0 Å². The Hall–Kier alpha value is -2.66. The summed E-state index contributed by atoms with van der Waals surface area (Å²) in [6.45, 7) is 2.33. The highest BCUT2D eigenvalue weighted by atomic mass is 32.2. The molecule has 0 aliphatic rings. The second-order valence-corrected chi connectivity index (χ2v) is 7.34. The number of rotatable bonds is 6. The Morgan fingerprint density at radius 2 is 2.32 bits per heavy atom. The molecule has 4 aromatic heterocycles. The first-order valence-electron chi connectivity index (χ1n) is 7.35. The number of fused-ring (bicyclic) bond motifs is 1. The van der Waals surface area contributed by atoms with Crippen LogP contribution < -0.4 is 10.9 Å². The van der Waals surface area contributed by atoms with E-state index in [1.165, 1.54) is 33.7 Å². The first kappa shape index (κ1) is 15.8. The van der Waals surface area contributed by atoms with Crippen molar-refractivity contribution in [3.63, 3.8) is 0 Å². The fourth-order valence-electron chi connectivity index (χ4n) is 2.15. The molecule has 0 bridgehead atoms. The van der Waals surface area contributed by atoms with E-state index in [1.807, 2.05) is 12.1 Å². The lowest BCUT2D eigenvalue weighted by atomic mass is 10.4. The van der Waals surface area contributed by atoms with Gasteiger partial charge in [-0.3, -0.25) is 9.89 Å². The maximum Gasteiger partial charge on any atom is 0.274 e. The number of hydrogen-bond acceptors (Lipinski definition) is 9. The van der Waals surface area contributed by atoms with E-state index in [9.17, 15) is 4.79 Å². The van der Waals surface area contributed by atoms with Crippen molar-refractivity contribution in [2.45, 2.75) is 23.6 Å². The lowest BCUT2D eigenvalue weighted by molar-refractivity contribution is 0.518. The van der Waals surface area contributed by atoms with Gasteiger partial charge < -0.3 is 9.73 Å². The number of H-pyrrole nitrogens is 1. The fraction of sp³-hybridized carbons (Fsp3) is 0.214. The molecule has 0 unspecified atom stereocenters. The van der Waals surface area contributed by atoms with Crippen LogP contribution in [0, 0.1) is 6.92 Å². The van der Waals surface area contributed by atoms with Gasteiger partial charge in [-0.25, -0.2) is 4.98 Å². The summed E-state index contributed by atoms with van der Waals surface area (Å²) < 4.78 is 7.39. The van der Waals surface area contributed by atoms with Gasteiger partial charge in [0.15, 0.2) is 4.34 Å². The van der Waals surface area contributed by atoms with E-state index in [0.29, 0.717) is 29.6 Å². The molecule has 0 amide bonds. The van der Waals surface area contributed by atoms with Gasteiger partial charge in [0.05, 0.1) is 18.6 Å². The minimum atomic E-state index is -0.174. The first-order chi connectivity index (χ1) is 12.2. The zero-order chi connectivity index (χ0) is 17.2. The Kier molecular flexibility index (Phi) is 4.24. The summed E-state index contributed by atoms with van der Waals surface area (Å²) in [5, 5.41) is 15.1. The number of anilines is 1. The smallest absolute Gasteiger partial charge is 0.274 e. The van der Waals surface area contributed by atoms with Crippen LogP contribution in [0.3, 0.4) is 0 Å². The van der Waals surface area contributed by atoms with Crippen molar-refractivity contribution < 1.29 is 4.42 Å². The largest absolute Gasteiger partial charge is 0.467 e. The second kappa shape index (κ2) is 6.69. The highest BCUT2D eigenvalue weighted by Gasteiger charge is 2.10. The minimum Gasteiger partial charge on any atom is -0.467 e. The predicted molar refractivity (Wildman–Crippen MR) is 93.8 cm³/mol. The van der Waals surface area contributed by atoms with Crippen LogP contribution in [0.5, 0.6) is 0 Å². The number of thioether (sulfide) groups is 1. The average Bonchev–Trinajstić information content (AvgIpc) is 3.31.